The van der Waals surface area contributed by atoms with Crippen LogP contribution in [0.15, 0.2) is 54.7 Å². The highest BCUT2D eigenvalue weighted by molar-refractivity contribution is 7.16. The van der Waals surface area contributed by atoms with Crippen molar-refractivity contribution >= 4 is 28.6 Å². The van der Waals surface area contributed by atoms with Gasteiger partial charge in [0.2, 0.25) is 0 Å². The lowest BCUT2D eigenvalue weighted by atomic mass is 10.1. The van der Waals surface area contributed by atoms with Gasteiger partial charge in [-0.3, -0.25) is 4.90 Å². The molecule has 0 saturated carbocycles. The molecule has 5 rings (SSSR count). The van der Waals surface area contributed by atoms with Crippen LogP contribution in [0, 0.1) is 11.3 Å². The van der Waals surface area contributed by atoms with Crippen LogP contribution in [0.3, 0.4) is 0 Å². The van der Waals surface area contributed by atoms with Crippen molar-refractivity contribution in [3.63, 3.8) is 0 Å². The van der Waals surface area contributed by atoms with Crippen molar-refractivity contribution in [1.82, 2.24) is 19.2 Å². The molecule has 32 heavy (non-hydrogen) atoms. The number of nitriles is 1. The molecule has 7 heteroatoms. The van der Waals surface area contributed by atoms with Crippen molar-refractivity contribution < 1.29 is 0 Å². The Bertz CT molecular complexity index is 1280. The van der Waals surface area contributed by atoms with E-state index in [9.17, 15) is 5.26 Å². The molecule has 162 valence electrons. The van der Waals surface area contributed by atoms with Crippen LogP contribution in [0.5, 0.6) is 0 Å². The van der Waals surface area contributed by atoms with Crippen LogP contribution >= 0.6 is 22.9 Å². The zero-order valence-electron chi connectivity index (χ0n) is 18.0. The van der Waals surface area contributed by atoms with E-state index in [1.54, 1.807) is 0 Å². The van der Waals surface area contributed by atoms with Crippen molar-refractivity contribution in [1.29, 1.82) is 5.26 Å². The predicted octanol–water partition coefficient (Wildman–Crippen LogP) is 5.39. The fraction of sp³-hybridized carbons (Fsp3) is 0.280. The van der Waals surface area contributed by atoms with Crippen molar-refractivity contribution in [2.75, 3.05) is 33.2 Å². The monoisotopic (exact) mass is 461 g/mol. The van der Waals surface area contributed by atoms with Crippen LogP contribution in [-0.2, 0) is 6.54 Å². The molecule has 1 aromatic carbocycles. The molecule has 5 nitrogen and oxygen atoms in total. The smallest absolute Gasteiger partial charge is 0.137 e. The van der Waals surface area contributed by atoms with Crippen molar-refractivity contribution in [2.45, 2.75) is 13.0 Å². The number of rotatable bonds is 4. The van der Waals surface area contributed by atoms with Gasteiger partial charge in [-0.05, 0) is 63.0 Å². The molecule has 0 spiro atoms. The fourth-order valence-corrected chi connectivity index (χ4v) is 5.17. The lowest BCUT2D eigenvalue weighted by molar-refractivity contribution is 0.266. The number of imidazole rings is 1. The Morgan fingerprint density at radius 3 is 2.59 bits per heavy atom. The fourth-order valence-electron chi connectivity index (χ4n) is 4.25. The molecule has 0 atom stereocenters. The Morgan fingerprint density at radius 1 is 1.00 bits per heavy atom. The average molecular weight is 462 g/mol. The average Bonchev–Trinajstić information content (AvgIpc) is 3.36. The Kier molecular flexibility index (Phi) is 5.99. The molecule has 0 amide bonds. The summed E-state index contributed by atoms with van der Waals surface area (Å²) < 4.78 is 2.22. The molecule has 4 aromatic rings. The minimum absolute atomic E-state index is 0.724. The lowest BCUT2D eigenvalue weighted by Crippen LogP contribution is -2.29. The van der Waals surface area contributed by atoms with Gasteiger partial charge in [-0.15, -0.1) is 11.3 Å². The molecular weight excluding hydrogens is 438 g/mol. The molecule has 0 aliphatic carbocycles. The van der Waals surface area contributed by atoms with Gasteiger partial charge in [-0.25, -0.2) is 4.98 Å². The summed E-state index contributed by atoms with van der Waals surface area (Å²) in [6.07, 6.45) is 3.33. The topological polar surface area (TPSA) is 47.6 Å². The number of nitrogens with zero attached hydrogens (tertiary/aromatic N) is 5. The van der Waals surface area contributed by atoms with E-state index in [-0.39, 0.29) is 0 Å². The second kappa shape index (κ2) is 9.05. The maximum atomic E-state index is 9.21. The molecule has 0 N–H and O–H groups in total. The number of thiophene rings is 1. The van der Waals surface area contributed by atoms with Gasteiger partial charge < -0.3 is 9.30 Å². The maximum Gasteiger partial charge on any atom is 0.137 e. The van der Waals surface area contributed by atoms with Crippen LogP contribution in [0.2, 0.25) is 5.02 Å². The van der Waals surface area contributed by atoms with Gasteiger partial charge in [0, 0.05) is 46.9 Å². The van der Waals surface area contributed by atoms with Crippen LogP contribution in [0.25, 0.3) is 27.3 Å². The molecule has 1 aliphatic heterocycles. The number of halogens is 1. The molecule has 1 saturated heterocycles. The van der Waals surface area contributed by atoms with E-state index in [0.717, 1.165) is 70.0 Å². The number of hydrogen-bond acceptors (Lipinski definition) is 5. The molecule has 3 aromatic heterocycles. The minimum atomic E-state index is 0.724. The zero-order valence-corrected chi connectivity index (χ0v) is 19.5. The summed E-state index contributed by atoms with van der Waals surface area (Å²) in [4.78, 5) is 11.7. The van der Waals surface area contributed by atoms with Crippen LogP contribution in [0.4, 0.5) is 0 Å². The summed E-state index contributed by atoms with van der Waals surface area (Å²) in [5.41, 5.74) is 5.29. The highest BCUT2D eigenvalue weighted by atomic mass is 35.5. The van der Waals surface area contributed by atoms with E-state index in [1.165, 1.54) is 23.5 Å². The van der Waals surface area contributed by atoms with Crippen LogP contribution in [0.1, 0.15) is 17.0 Å². The largest absolute Gasteiger partial charge is 0.305 e. The van der Waals surface area contributed by atoms with Gasteiger partial charge in [-0.1, -0.05) is 23.7 Å². The highest BCUT2D eigenvalue weighted by Gasteiger charge is 2.20. The molecule has 0 unspecified atom stereocenters. The molecular formula is C25H24ClN5S. The molecule has 1 fully saturated rings. The summed E-state index contributed by atoms with van der Waals surface area (Å²) in [5, 5.41) is 9.94. The first-order valence-corrected chi connectivity index (χ1v) is 12.0. The van der Waals surface area contributed by atoms with Gasteiger partial charge >= 0.3 is 0 Å². The van der Waals surface area contributed by atoms with Gasteiger partial charge in [-0.2, -0.15) is 5.26 Å². The Balaban J connectivity index is 1.60. The number of pyridine rings is 1. The Labute approximate surface area is 197 Å². The van der Waals surface area contributed by atoms with Gasteiger partial charge in [0.05, 0.1) is 11.4 Å². The summed E-state index contributed by atoms with van der Waals surface area (Å²) in [5.74, 6) is 0. The summed E-state index contributed by atoms with van der Waals surface area (Å²) in [6, 6.07) is 18.2. The first kappa shape index (κ1) is 21.2. The van der Waals surface area contributed by atoms with Crippen molar-refractivity contribution in [3.05, 3.63) is 70.3 Å². The van der Waals surface area contributed by atoms with E-state index < -0.39 is 0 Å². The molecule has 0 bridgehead atoms. The summed E-state index contributed by atoms with van der Waals surface area (Å²) >= 11 is 7.67. The standard InChI is InChI=1S/C25H24ClN5S/c1-29-11-2-12-30(14-13-29)17-22-25(18-3-6-20(26)7-4-18)28-24-10-5-19(16-31(22)24)23-9-8-21(15-27)32-23/h3-10,16H,2,11-14,17H2,1H3. The van der Waals surface area contributed by atoms with Crippen LogP contribution in [-0.4, -0.2) is 52.4 Å². The maximum absolute atomic E-state index is 9.21. The Morgan fingerprint density at radius 2 is 1.81 bits per heavy atom. The van der Waals surface area contributed by atoms with E-state index in [4.69, 9.17) is 16.6 Å². The number of likely N-dealkylation sites (N-methyl/N-ethyl adjacent to an activating group) is 1. The minimum Gasteiger partial charge on any atom is -0.305 e. The molecule has 0 radical (unpaired) electrons. The summed E-state index contributed by atoms with van der Waals surface area (Å²) in [6.45, 7) is 5.17. The SMILES string of the molecule is CN1CCCN(Cc2c(-c3ccc(Cl)cc3)nc3ccc(-c4ccc(C#N)s4)cn23)CC1. The first-order valence-electron chi connectivity index (χ1n) is 10.8. The van der Waals surface area contributed by atoms with Crippen molar-refractivity contribution in [2.24, 2.45) is 0 Å². The van der Waals surface area contributed by atoms with E-state index in [2.05, 4.69) is 45.6 Å². The van der Waals surface area contributed by atoms with E-state index in [1.807, 2.05) is 36.4 Å². The van der Waals surface area contributed by atoms with E-state index in [0.29, 0.717) is 0 Å². The lowest BCUT2D eigenvalue weighted by Gasteiger charge is -2.20. The molecule has 4 heterocycles. The zero-order chi connectivity index (χ0) is 22.1. The Hall–Kier alpha value is -2.69. The number of fused-ring (bicyclic) bond motifs is 1. The van der Waals surface area contributed by atoms with Gasteiger partial charge in [0.1, 0.15) is 16.6 Å². The quantitative estimate of drug-likeness (QED) is 0.408. The van der Waals surface area contributed by atoms with Crippen molar-refractivity contribution in [3.8, 4) is 27.8 Å². The second-order valence-corrected chi connectivity index (χ2v) is 9.79. The third kappa shape index (κ3) is 4.30. The third-order valence-electron chi connectivity index (χ3n) is 6.02. The van der Waals surface area contributed by atoms with E-state index >= 15 is 0 Å². The second-order valence-electron chi connectivity index (χ2n) is 8.27. The first-order chi connectivity index (χ1) is 15.6. The highest BCUT2D eigenvalue weighted by Crippen LogP contribution is 2.31. The summed E-state index contributed by atoms with van der Waals surface area (Å²) in [7, 11) is 2.19. The number of aromatic nitrogens is 2. The van der Waals surface area contributed by atoms with Gasteiger partial charge in [0.25, 0.3) is 0 Å². The number of hydrogen-bond donors (Lipinski definition) is 0. The predicted molar refractivity (Wildman–Crippen MR) is 131 cm³/mol. The number of benzene rings is 1. The normalized spacial score (nSPS) is 15.7. The molecule has 1 aliphatic rings. The third-order valence-corrected chi connectivity index (χ3v) is 7.31. The van der Waals surface area contributed by atoms with Crippen LogP contribution < -0.4 is 0 Å². The van der Waals surface area contributed by atoms with Gasteiger partial charge in [0.15, 0.2) is 0 Å².